The van der Waals surface area contributed by atoms with E-state index in [0.29, 0.717) is 0 Å². The Hall–Kier alpha value is -3.27. The first-order chi connectivity index (χ1) is 10.8. The predicted octanol–water partition coefficient (Wildman–Crippen LogP) is 5.01. The minimum Gasteiger partial charge on any atom is -0.247 e. The van der Waals surface area contributed by atoms with Crippen LogP contribution in [-0.4, -0.2) is 4.98 Å². The van der Waals surface area contributed by atoms with Crippen molar-refractivity contribution >= 4 is 21.8 Å². The van der Waals surface area contributed by atoms with E-state index in [1.54, 1.807) is 0 Å². The molecule has 0 aliphatic rings. The molecule has 0 saturated carbocycles. The van der Waals surface area contributed by atoms with E-state index in [9.17, 15) is 0 Å². The summed E-state index contributed by atoms with van der Waals surface area (Å²) in [7, 11) is 0. The number of para-hydroxylation sites is 2. The zero-order chi connectivity index (χ0) is 15.4. The van der Waals surface area contributed by atoms with Crippen LogP contribution in [0.1, 0.15) is 11.1 Å². The molecule has 2 aromatic carbocycles. The van der Waals surface area contributed by atoms with E-state index >= 15 is 0 Å². The highest BCUT2D eigenvalue weighted by atomic mass is 15.1. The largest absolute Gasteiger partial charge is 0.247 e. The van der Waals surface area contributed by atoms with E-state index in [4.69, 9.17) is 16.0 Å². The van der Waals surface area contributed by atoms with Gasteiger partial charge in [0.15, 0.2) is 0 Å². The van der Waals surface area contributed by atoms with Gasteiger partial charge in [0, 0.05) is 20.6 Å². The topological polar surface area (TPSA) is 110 Å². The van der Waals surface area contributed by atoms with Gasteiger partial charge in [0.2, 0.25) is 0 Å². The first-order valence-electron chi connectivity index (χ1n) is 6.65. The number of fused-ring (bicyclic) bond motifs is 2. The summed E-state index contributed by atoms with van der Waals surface area (Å²) in [5.41, 5.74) is 20.4. The minimum absolute atomic E-state index is 0.255. The quantitative estimate of drug-likeness (QED) is 0.286. The third-order valence-corrected chi connectivity index (χ3v) is 3.44. The number of benzene rings is 2. The second-order valence-electron chi connectivity index (χ2n) is 4.74. The van der Waals surface area contributed by atoms with Crippen molar-refractivity contribution in [3.63, 3.8) is 0 Å². The maximum absolute atomic E-state index is 8.50. The Kier molecular flexibility index (Phi) is 3.74. The van der Waals surface area contributed by atoms with Gasteiger partial charge in [-0.25, -0.2) is 4.98 Å². The SMILES string of the molecule is [N-]=[N+]=NCc1cccc2cc3cccc(CN=[N+]=[N-])c3nc12. The average Bonchev–Trinajstić information content (AvgIpc) is 2.56. The molecule has 0 saturated heterocycles. The summed E-state index contributed by atoms with van der Waals surface area (Å²) in [5, 5.41) is 9.21. The molecule has 1 aromatic heterocycles. The van der Waals surface area contributed by atoms with E-state index < -0.39 is 0 Å². The van der Waals surface area contributed by atoms with Gasteiger partial charge in [0.1, 0.15) is 0 Å². The minimum atomic E-state index is 0.255. The van der Waals surface area contributed by atoms with Crippen molar-refractivity contribution in [1.29, 1.82) is 0 Å². The molecule has 3 aromatic rings. The molecule has 0 amide bonds. The van der Waals surface area contributed by atoms with Gasteiger partial charge in [-0.15, -0.1) is 0 Å². The molecular weight excluding hydrogens is 278 g/mol. The molecular formula is C15H11N7. The van der Waals surface area contributed by atoms with Crippen molar-refractivity contribution in [2.75, 3.05) is 0 Å². The van der Waals surface area contributed by atoms with Gasteiger partial charge in [0.05, 0.1) is 24.1 Å². The molecule has 0 radical (unpaired) electrons. The molecule has 0 atom stereocenters. The number of azide groups is 2. The lowest BCUT2D eigenvalue weighted by molar-refractivity contribution is 1.05. The molecule has 0 aliphatic heterocycles. The molecule has 3 rings (SSSR count). The molecule has 1 heterocycles. The van der Waals surface area contributed by atoms with Crippen LogP contribution in [0.4, 0.5) is 0 Å². The van der Waals surface area contributed by atoms with Gasteiger partial charge in [-0.2, -0.15) is 0 Å². The standard InChI is InChI=1S/C15H11N7/c16-21-18-8-12-5-1-3-10-7-11-4-2-6-13(9-19-22-17)15(11)20-14(10)12/h1-7H,8-9H2. The molecule has 0 bridgehead atoms. The zero-order valence-electron chi connectivity index (χ0n) is 11.6. The first kappa shape index (κ1) is 13.7. The lowest BCUT2D eigenvalue weighted by Gasteiger charge is -2.08. The van der Waals surface area contributed by atoms with E-state index in [1.165, 1.54) is 0 Å². The van der Waals surface area contributed by atoms with Gasteiger partial charge in [-0.05, 0) is 28.3 Å². The Morgan fingerprint density at radius 2 is 1.32 bits per heavy atom. The van der Waals surface area contributed by atoms with Crippen LogP contribution in [0.15, 0.2) is 52.7 Å². The predicted molar refractivity (Wildman–Crippen MR) is 84.9 cm³/mol. The highest BCUT2D eigenvalue weighted by Crippen LogP contribution is 2.25. The van der Waals surface area contributed by atoms with Crippen LogP contribution in [0, 0.1) is 0 Å². The van der Waals surface area contributed by atoms with Gasteiger partial charge >= 0.3 is 0 Å². The van der Waals surface area contributed by atoms with Crippen molar-refractivity contribution in [2.24, 2.45) is 10.2 Å². The molecule has 0 spiro atoms. The number of nitrogens with zero attached hydrogens (tertiary/aromatic N) is 7. The molecule has 22 heavy (non-hydrogen) atoms. The molecule has 106 valence electrons. The van der Waals surface area contributed by atoms with E-state index in [0.717, 1.165) is 32.9 Å². The number of pyridine rings is 1. The van der Waals surface area contributed by atoms with E-state index in [1.807, 2.05) is 42.5 Å². The van der Waals surface area contributed by atoms with Crippen LogP contribution in [0.5, 0.6) is 0 Å². The summed E-state index contributed by atoms with van der Waals surface area (Å²) in [4.78, 5) is 10.3. The number of hydrogen-bond donors (Lipinski definition) is 0. The molecule has 0 aliphatic carbocycles. The smallest absolute Gasteiger partial charge is 0.0743 e. The van der Waals surface area contributed by atoms with E-state index in [2.05, 4.69) is 20.1 Å². The maximum Gasteiger partial charge on any atom is 0.0743 e. The molecule has 0 fully saturated rings. The summed E-state index contributed by atoms with van der Waals surface area (Å²) >= 11 is 0. The monoisotopic (exact) mass is 289 g/mol. The molecule has 7 nitrogen and oxygen atoms in total. The van der Waals surface area contributed by atoms with Crippen LogP contribution < -0.4 is 0 Å². The van der Waals surface area contributed by atoms with Gasteiger partial charge in [-0.3, -0.25) is 0 Å². The van der Waals surface area contributed by atoms with Crippen molar-refractivity contribution in [1.82, 2.24) is 4.98 Å². The fourth-order valence-electron chi connectivity index (χ4n) is 2.48. The number of aromatic nitrogens is 1. The van der Waals surface area contributed by atoms with Crippen LogP contribution in [0.3, 0.4) is 0 Å². The molecule has 0 unspecified atom stereocenters. The summed E-state index contributed by atoms with van der Waals surface area (Å²) in [6, 6.07) is 13.6. The van der Waals surface area contributed by atoms with Crippen molar-refractivity contribution < 1.29 is 0 Å². The van der Waals surface area contributed by atoms with Crippen LogP contribution in [-0.2, 0) is 13.1 Å². The second-order valence-corrected chi connectivity index (χ2v) is 4.74. The Morgan fingerprint density at radius 1 is 0.818 bits per heavy atom. The second kappa shape index (κ2) is 6.01. The molecule has 7 heteroatoms. The van der Waals surface area contributed by atoms with Gasteiger partial charge in [0.25, 0.3) is 0 Å². The van der Waals surface area contributed by atoms with Gasteiger partial charge < -0.3 is 0 Å². The van der Waals surface area contributed by atoms with Crippen molar-refractivity contribution in [3.8, 4) is 0 Å². The first-order valence-corrected chi connectivity index (χ1v) is 6.65. The highest BCUT2D eigenvalue weighted by Gasteiger charge is 2.07. The zero-order valence-corrected chi connectivity index (χ0v) is 11.6. The Morgan fingerprint density at radius 3 is 1.77 bits per heavy atom. The lowest BCUT2D eigenvalue weighted by Crippen LogP contribution is -1.92. The number of hydrogen-bond acceptors (Lipinski definition) is 3. The maximum atomic E-state index is 8.50. The van der Waals surface area contributed by atoms with Crippen LogP contribution in [0.2, 0.25) is 0 Å². The Bertz CT molecular complexity index is 876. The Labute approximate surface area is 125 Å². The lowest BCUT2D eigenvalue weighted by atomic mass is 10.0. The fourth-order valence-corrected chi connectivity index (χ4v) is 2.48. The van der Waals surface area contributed by atoms with E-state index in [-0.39, 0.29) is 13.1 Å². The number of rotatable bonds is 4. The Balaban J connectivity index is 2.28. The summed E-state index contributed by atoms with van der Waals surface area (Å²) in [6.07, 6.45) is 0. The summed E-state index contributed by atoms with van der Waals surface area (Å²) in [5.74, 6) is 0. The van der Waals surface area contributed by atoms with Crippen molar-refractivity contribution in [2.45, 2.75) is 13.1 Å². The van der Waals surface area contributed by atoms with Crippen LogP contribution in [0.25, 0.3) is 42.7 Å². The normalized spacial score (nSPS) is 10.2. The summed E-state index contributed by atoms with van der Waals surface area (Å²) < 4.78 is 0. The highest BCUT2D eigenvalue weighted by molar-refractivity contribution is 5.95. The molecule has 0 N–H and O–H groups in total. The fraction of sp³-hybridized carbons (Fsp3) is 0.133. The third kappa shape index (κ3) is 2.50. The van der Waals surface area contributed by atoms with Gasteiger partial charge in [-0.1, -0.05) is 46.6 Å². The summed E-state index contributed by atoms with van der Waals surface area (Å²) in [6.45, 7) is 0.510. The van der Waals surface area contributed by atoms with Crippen LogP contribution >= 0.6 is 0 Å². The third-order valence-electron chi connectivity index (χ3n) is 3.44. The van der Waals surface area contributed by atoms with Crippen molar-refractivity contribution in [3.05, 3.63) is 74.5 Å². The average molecular weight is 289 g/mol.